The van der Waals surface area contributed by atoms with Crippen molar-refractivity contribution in [3.8, 4) is 0 Å². The third-order valence-corrected chi connectivity index (χ3v) is 4.18. The lowest BCUT2D eigenvalue weighted by atomic mass is 10.1. The average molecular weight is 252 g/mol. The maximum absolute atomic E-state index is 5.87. The van der Waals surface area contributed by atoms with Gasteiger partial charge in [0.2, 0.25) is 0 Å². The molecule has 0 saturated carbocycles. The number of fused-ring (bicyclic) bond motifs is 1. The molecule has 0 bridgehead atoms. The quantitative estimate of drug-likeness (QED) is 0.751. The van der Waals surface area contributed by atoms with Gasteiger partial charge in [0.25, 0.3) is 0 Å². The largest absolute Gasteiger partial charge is 0.354 e. The zero-order valence-electron chi connectivity index (χ0n) is 9.98. The molecule has 3 rings (SSSR count). The van der Waals surface area contributed by atoms with Crippen molar-refractivity contribution in [1.29, 1.82) is 0 Å². The molecule has 2 aliphatic heterocycles. The van der Waals surface area contributed by atoms with Crippen LogP contribution < -0.4 is 4.90 Å². The Bertz CT molecular complexity index is 396. The standard InChI is InChI=1S/C13H18ClN3/c14-9-11-3-4-15-13(8-11)17-7-6-16-5-1-2-12(16)10-17/h3-4,8,12H,1-2,5-7,9-10H2. The molecule has 0 radical (unpaired) electrons. The van der Waals surface area contributed by atoms with Crippen LogP contribution in [-0.4, -0.2) is 42.1 Å². The smallest absolute Gasteiger partial charge is 0.128 e. The summed E-state index contributed by atoms with van der Waals surface area (Å²) in [6.07, 6.45) is 4.56. The fraction of sp³-hybridized carbons (Fsp3) is 0.615. The highest BCUT2D eigenvalue weighted by atomic mass is 35.5. The molecule has 92 valence electrons. The van der Waals surface area contributed by atoms with E-state index in [0.717, 1.165) is 30.5 Å². The van der Waals surface area contributed by atoms with Crippen molar-refractivity contribution in [2.75, 3.05) is 31.1 Å². The van der Waals surface area contributed by atoms with Crippen molar-refractivity contribution in [1.82, 2.24) is 9.88 Å². The maximum Gasteiger partial charge on any atom is 0.128 e. The van der Waals surface area contributed by atoms with Gasteiger partial charge in [-0.05, 0) is 37.1 Å². The number of anilines is 1. The summed E-state index contributed by atoms with van der Waals surface area (Å²) in [7, 11) is 0. The van der Waals surface area contributed by atoms with E-state index in [4.69, 9.17) is 11.6 Å². The predicted molar refractivity (Wildman–Crippen MR) is 70.6 cm³/mol. The van der Waals surface area contributed by atoms with Gasteiger partial charge in [-0.3, -0.25) is 4.90 Å². The molecule has 0 amide bonds. The van der Waals surface area contributed by atoms with Gasteiger partial charge in [0, 0.05) is 37.8 Å². The summed E-state index contributed by atoms with van der Waals surface area (Å²) in [5.74, 6) is 1.66. The molecule has 3 heterocycles. The Kier molecular flexibility index (Phi) is 3.21. The summed E-state index contributed by atoms with van der Waals surface area (Å²) in [5.41, 5.74) is 1.16. The summed E-state index contributed by atoms with van der Waals surface area (Å²) >= 11 is 5.87. The SMILES string of the molecule is ClCc1ccnc(N2CCN3CCCC3C2)c1. The lowest BCUT2D eigenvalue weighted by Crippen LogP contribution is -2.50. The van der Waals surface area contributed by atoms with Gasteiger partial charge in [-0.25, -0.2) is 4.98 Å². The Labute approximate surface area is 107 Å². The summed E-state index contributed by atoms with van der Waals surface area (Å²) in [6, 6.07) is 4.85. The highest BCUT2D eigenvalue weighted by Crippen LogP contribution is 2.24. The van der Waals surface area contributed by atoms with Crippen LogP contribution in [0, 0.1) is 0 Å². The molecule has 2 fully saturated rings. The Morgan fingerprint density at radius 3 is 3.18 bits per heavy atom. The molecule has 0 aliphatic carbocycles. The van der Waals surface area contributed by atoms with E-state index in [0.29, 0.717) is 5.88 Å². The molecule has 1 atom stereocenters. The fourth-order valence-electron chi connectivity index (χ4n) is 2.92. The van der Waals surface area contributed by atoms with Crippen molar-refractivity contribution in [2.45, 2.75) is 24.8 Å². The molecule has 0 N–H and O–H groups in total. The van der Waals surface area contributed by atoms with Crippen LogP contribution in [0.5, 0.6) is 0 Å². The molecule has 0 aromatic carbocycles. The van der Waals surface area contributed by atoms with E-state index >= 15 is 0 Å². The van der Waals surface area contributed by atoms with Crippen LogP contribution >= 0.6 is 11.6 Å². The molecular formula is C13H18ClN3. The lowest BCUT2D eigenvalue weighted by Gasteiger charge is -2.38. The van der Waals surface area contributed by atoms with Gasteiger partial charge in [0.1, 0.15) is 5.82 Å². The van der Waals surface area contributed by atoms with Crippen LogP contribution in [-0.2, 0) is 5.88 Å². The minimum absolute atomic E-state index is 0.568. The predicted octanol–water partition coefficient (Wildman–Crippen LogP) is 2.10. The molecule has 4 heteroatoms. The van der Waals surface area contributed by atoms with Gasteiger partial charge >= 0.3 is 0 Å². The van der Waals surface area contributed by atoms with Crippen molar-refractivity contribution < 1.29 is 0 Å². The van der Waals surface area contributed by atoms with E-state index < -0.39 is 0 Å². The van der Waals surface area contributed by atoms with Crippen LogP contribution in [0.2, 0.25) is 0 Å². The Morgan fingerprint density at radius 1 is 1.35 bits per heavy atom. The van der Waals surface area contributed by atoms with Crippen LogP contribution in [0.15, 0.2) is 18.3 Å². The number of nitrogens with zero attached hydrogens (tertiary/aromatic N) is 3. The lowest BCUT2D eigenvalue weighted by molar-refractivity contribution is 0.230. The highest BCUT2D eigenvalue weighted by Gasteiger charge is 2.30. The molecular weight excluding hydrogens is 234 g/mol. The van der Waals surface area contributed by atoms with E-state index in [1.165, 1.54) is 25.9 Å². The van der Waals surface area contributed by atoms with E-state index in [9.17, 15) is 0 Å². The van der Waals surface area contributed by atoms with E-state index in [-0.39, 0.29) is 0 Å². The number of alkyl halides is 1. The van der Waals surface area contributed by atoms with Gasteiger partial charge in [-0.2, -0.15) is 0 Å². The van der Waals surface area contributed by atoms with Gasteiger partial charge in [-0.1, -0.05) is 0 Å². The van der Waals surface area contributed by atoms with Crippen LogP contribution in [0.1, 0.15) is 18.4 Å². The summed E-state index contributed by atoms with van der Waals surface area (Å²) in [5, 5.41) is 0. The molecule has 3 nitrogen and oxygen atoms in total. The van der Waals surface area contributed by atoms with Gasteiger partial charge in [0.05, 0.1) is 0 Å². The first-order valence-electron chi connectivity index (χ1n) is 6.37. The number of halogens is 1. The monoisotopic (exact) mass is 251 g/mol. The second kappa shape index (κ2) is 4.83. The molecule has 1 aromatic heterocycles. The minimum atomic E-state index is 0.568. The number of piperazine rings is 1. The molecule has 2 aliphatic rings. The topological polar surface area (TPSA) is 19.4 Å². The van der Waals surface area contributed by atoms with Crippen molar-refractivity contribution in [2.24, 2.45) is 0 Å². The third-order valence-electron chi connectivity index (χ3n) is 3.88. The van der Waals surface area contributed by atoms with Crippen molar-refractivity contribution >= 4 is 17.4 Å². The second-order valence-electron chi connectivity index (χ2n) is 4.93. The molecule has 17 heavy (non-hydrogen) atoms. The van der Waals surface area contributed by atoms with E-state index in [1.807, 2.05) is 12.3 Å². The van der Waals surface area contributed by atoms with Gasteiger partial charge < -0.3 is 4.90 Å². The Morgan fingerprint density at radius 2 is 2.29 bits per heavy atom. The summed E-state index contributed by atoms with van der Waals surface area (Å²) in [4.78, 5) is 9.49. The summed E-state index contributed by atoms with van der Waals surface area (Å²) < 4.78 is 0. The number of aromatic nitrogens is 1. The molecule has 1 aromatic rings. The molecule has 1 unspecified atom stereocenters. The number of pyridine rings is 1. The zero-order chi connectivity index (χ0) is 11.7. The first kappa shape index (κ1) is 11.3. The van der Waals surface area contributed by atoms with Crippen molar-refractivity contribution in [3.05, 3.63) is 23.9 Å². The number of hydrogen-bond acceptors (Lipinski definition) is 3. The first-order valence-corrected chi connectivity index (χ1v) is 6.90. The van der Waals surface area contributed by atoms with Crippen LogP contribution in [0.25, 0.3) is 0 Å². The normalized spacial score (nSPS) is 25.0. The maximum atomic E-state index is 5.87. The van der Waals surface area contributed by atoms with Crippen LogP contribution in [0.3, 0.4) is 0 Å². The van der Waals surface area contributed by atoms with E-state index in [2.05, 4.69) is 20.9 Å². The van der Waals surface area contributed by atoms with Gasteiger partial charge in [-0.15, -0.1) is 11.6 Å². The summed E-state index contributed by atoms with van der Waals surface area (Å²) in [6.45, 7) is 4.68. The number of hydrogen-bond donors (Lipinski definition) is 0. The zero-order valence-corrected chi connectivity index (χ0v) is 10.7. The minimum Gasteiger partial charge on any atom is -0.354 e. The van der Waals surface area contributed by atoms with Gasteiger partial charge in [0.15, 0.2) is 0 Å². The highest BCUT2D eigenvalue weighted by molar-refractivity contribution is 6.17. The number of rotatable bonds is 2. The van der Waals surface area contributed by atoms with E-state index in [1.54, 1.807) is 0 Å². The fourth-order valence-corrected chi connectivity index (χ4v) is 3.08. The Balaban J connectivity index is 1.75. The first-order chi connectivity index (χ1) is 8.36. The third kappa shape index (κ3) is 2.26. The average Bonchev–Trinajstić information content (AvgIpc) is 2.86. The molecule has 0 spiro atoms. The second-order valence-corrected chi connectivity index (χ2v) is 5.20. The van der Waals surface area contributed by atoms with Crippen molar-refractivity contribution in [3.63, 3.8) is 0 Å². The molecule has 2 saturated heterocycles. The van der Waals surface area contributed by atoms with Crippen LogP contribution in [0.4, 0.5) is 5.82 Å². The Hall–Kier alpha value is -0.800.